The third kappa shape index (κ3) is 13.7. The van der Waals surface area contributed by atoms with E-state index in [1.807, 2.05) is 0 Å². The number of rotatable bonds is 0. The summed E-state index contributed by atoms with van der Waals surface area (Å²) in [5.41, 5.74) is 0. The van der Waals surface area contributed by atoms with Gasteiger partial charge in [-0.3, -0.25) is 9.59 Å². The Balaban J connectivity index is 2.16. The number of carbonyl (C=O) groups is 2. The fourth-order valence-electron chi connectivity index (χ4n) is 3.02. The van der Waals surface area contributed by atoms with Crippen LogP contribution in [0.1, 0.15) is 89.9 Å². The van der Waals surface area contributed by atoms with Gasteiger partial charge in [0.25, 0.3) is 0 Å². The largest absolute Gasteiger partial charge is 0.379 e. The minimum absolute atomic E-state index is 0.377. The summed E-state index contributed by atoms with van der Waals surface area (Å²) < 4.78 is 10.9. The Morgan fingerprint density at radius 3 is 1.17 bits per heavy atom. The van der Waals surface area contributed by atoms with Crippen molar-refractivity contribution in [3.63, 3.8) is 0 Å². The van der Waals surface area contributed by atoms with E-state index in [4.69, 9.17) is 9.47 Å². The average molecular weight is 341 g/mol. The second-order valence-electron chi connectivity index (χ2n) is 6.84. The first-order valence-electron chi connectivity index (χ1n) is 9.98. The molecule has 140 valence electrons. The van der Waals surface area contributed by atoms with Crippen molar-refractivity contribution in [2.75, 3.05) is 26.4 Å². The van der Waals surface area contributed by atoms with Crippen LogP contribution in [0.15, 0.2) is 0 Å². The molecule has 0 amide bonds. The molecule has 1 saturated heterocycles. The molecule has 0 spiro atoms. The quantitative estimate of drug-likeness (QED) is 0.645. The Hall–Kier alpha value is -0.740. The van der Waals surface area contributed by atoms with Crippen LogP contribution in [0.4, 0.5) is 0 Å². The molecule has 0 bridgehead atoms. The van der Waals surface area contributed by atoms with Crippen molar-refractivity contribution in [2.24, 2.45) is 0 Å². The lowest BCUT2D eigenvalue weighted by Gasteiger charge is -2.07. The van der Waals surface area contributed by atoms with Crippen molar-refractivity contribution in [3.05, 3.63) is 0 Å². The van der Waals surface area contributed by atoms with E-state index in [1.165, 1.54) is 25.7 Å². The van der Waals surface area contributed by atoms with Gasteiger partial charge in [0.1, 0.15) is 11.6 Å². The van der Waals surface area contributed by atoms with E-state index < -0.39 is 0 Å². The molecule has 1 aliphatic rings. The van der Waals surface area contributed by atoms with Gasteiger partial charge in [-0.15, -0.1) is 0 Å². The van der Waals surface area contributed by atoms with Crippen molar-refractivity contribution in [2.45, 2.75) is 89.9 Å². The fourth-order valence-corrected chi connectivity index (χ4v) is 3.02. The molecule has 4 heteroatoms. The maximum Gasteiger partial charge on any atom is 0.132 e. The molecule has 4 nitrogen and oxygen atoms in total. The molecule has 1 fully saturated rings. The SMILES string of the molecule is O=C1CCCCCCCCCCC(=O)CCCOCCOCCC1. The minimum atomic E-state index is 0.377. The highest BCUT2D eigenvalue weighted by Gasteiger charge is 2.04. The molecule has 0 N–H and O–H groups in total. The molecule has 0 saturated carbocycles. The molecule has 0 aromatic heterocycles. The highest BCUT2D eigenvalue weighted by Crippen LogP contribution is 2.12. The van der Waals surface area contributed by atoms with Crippen LogP contribution < -0.4 is 0 Å². The number of Topliss-reactive ketones (excluding diaryl/α,β-unsaturated/α-hetero) is 2. The van der Waals surface area contributed by atoms with Gasteiger partial charge in [0.05, 0.1) is 13.2 Å². The molecular weight excluding hydrogens is 304 g/mol. The van der Waals surface area contributed by atoms with Gasteiger partial charge < -0.3 is 9.47 Å². The summed E-state index contributed by atoms with van der Waals surface area (Å²) in [6.07, 6.45) is 13.7. The van der Waals surface area contributed by atoms with Crippen LogP contribution >= 0.6 is 0 Å². The first-order valence-corrected chi connectivity index (χ1v) is 9.98. The second-order valence-corrected chi connectivity index (χ2v) is 6.84. The lowest BCUT2D eigenvalue weighted by molar-refractivity contribution is -0.120. The summed E-state index contributed by atoms with van der Waals surface area (Å²) in [4.78, 5) is 23.5. The molecule has 0 unspecified atom stereocenters. The van der Waals surface area contributed by atoms with E-state index in [2.05, 4.69) is 0 Å². The molecule has 0 aromatic rings. The maximum atomic E-state index is 11.7. The van der Waals surface area contributed by atoms with Gasteiger partial charge in [-0.25, -0.2) is 0 Å². The molecular formula is C20H36O4. The Kier molecular flexibility index (Phi) is 14.0. The molecule has 0 radical (unpaired) electrons. The van der Waals surface area contributed by atoms with E-state index in [-0.39, 0.29) is 0 Å². The molecule has 0 atom stereocenters. The molecule has 0 aromatic carbocycles. The lowest BCUT2D eigenvalue weighted by atomic mass is 10.0. The zero-order chi connectivity index (χ0) is 17.3. The molecule has 1 aliphatic heterocycles. The van der Waals surface area contributed by atoms with Crippen LogP contribution in [0.3, 0.4) is 0 Å². The van der Waals surface area contributed by atoms with Gasteiger partial charge in [-0.05, 0) is 25.7 Å². The van der Waals surface area contributed by atoms with Crippen LogP contribution in [0.2, 0.25) is 0 Å². The Morgan fingerprint density at radius 2 is 0.750 bits per heavy atom. The number of carbonyl (C=O) groups excluding carboxylic acids is 2. The normalized spacial score (nSPS) is 23.2. The summed E-state index contributed by atoms with van der Waals surface area (Å²) >= 11 is 0. The standard InChI is InChI=1S/C20H36O4/c21-19-11-7-5-3-1-2-4-6-8-12-20(22)14-10-16-24-18-17-23-15-9-13-19/h1-18H2. The van der Waals surface area contributed by atoms with Gasteiger partial charge >= 0.3 is 0 Å². The Bertz CT molecular complexity index is 268. The van der Waals surface area contributed by atoms with E-state index in [9.17, 15) is 9.59 Å². The summed E-state index contributed by atoms with van der Waals surface area (Å²) in [6.45, 7) is 2.41. The minimum Gasteiger partial charge on any atom is -0.379 e. The van der Waals surface area contributed by atoms with E-state index in [1.54, 1.807) is 0 Å². The number of ether oxygens (including phenoxy) is 2. The van der Waals surface area contributed by atoms with E-state index in [0.29, 0.717) is 50.8 Å². The zero-order valence-electron chi connectivity index (χ0n) is 15.4. The van der Waals surface area contributed by atoms with Gasteiger partial charge in [-0.2, -0.15) is 0 Å². The molecule has 24 heavy (non-hydrogen) atoms. The van der Waals surface area contributed by atoms with Gasteiger partial charge in [0, 0.05) is 38.9 Å². The monoisotopic (exact) mass is 340 g/mol. The second kappa shape index (κ2) is 15.8. The third-order valence-corrected chi connectivity index (χ3v) is 4.52. The zero-order valence-corrected chi connectivity index (χ0v) is 15.4. The number of ketones is 2. The Labute approximate surface area is 147 Å². The predicted molar refractivity (Wildman–Crippen MR) is 96.3 cm³/mol. The van der Waals surface area contributed by atoms with Crippen molar-refractivity contribution >= 4 is 11.6 Å². The van der Waals surface area contributed by atoms with E-state index in [0.717, 1.165) is 51.4 Å². The number of hydrogen-bond donors (Lipinski definition) is 0. The van der Waals surface area contributed by atoms with E-state index >= 15 is 0 Å². The summed E-state index contributed by atoms with van der Waals surface area (Å²) in [5.74, 6) is 0.753. The molecule has 0 aliphatic carbocycles. The van der Waals surface area contributed by atoms with Crippen molar-refractivity contribution in [1.82, 2.24) is 0 Å². The highest BCUT2D eigenvalue weighted by molar-refractivity contribution is 5.78. The average Bonchev–Trinajstić information content (AvgIpc) is 2.57. The van der Waals surface area contributed by atoms with Crippen LogP contribution in [0, 0.1) is 0 Å². The van der Waals surface area contributed by atoms with Gasteiger partial charge in [0.2, 0.25) is 0 Å². The van der Waals surface area contributed by atoms with Crippen LogP contribution in [-0.4, -0.2) is 38.0 Å². The molecule has 1 heterocycles. The van der Waals surface area contributed by atoms with Crippen molar-refractivity contribution in [3.8, 4) is 0 Å². The van der Waals surface area contributed by atoms with Gasteiger partial charge in [0.15, 0.2) is 0 Å². The van der Waals surface area contributed by atoms with Crippen LogP contribution in [0.25, 0.3) is 0 Å². The topological polar surface area (TPSA) is 52.6 Å². The maximum absolute atomic E-state index is 11.7. The summed E-state index contributed by atoms with van der Waals surface area (Å²) in [7, 11) is 0. The third-order valence-electron chi connectivity index (χ3n) is 4.52. The summed E-state index contributed by atoms with van der Waals surface area (Å²) in [5, 5.41) is 0. The summed E-state index contributed by atoms with van der Waals surface area (Å²) in [6, 6.07) is 0. The lowest BCUT2D eigenvalue weighted by Crippen LogP contribution is -2.08. The molecule has 1 rings (SSSR count). The van der Waals surface area contributed by atoms with Crippen LogP contribution in [-0.2, 0) is 19.1 Å². The van der Waals surface area contributed by atoms with Crippen molar-refractivity contribution in [1.29, 1.82) is 0 Å². The fraction of sp³-hybridized carbons (Fsp3) is 0.900. The first-order chi connectivity index (χ1) is 11.8. The van der Waals surface area contributed by atoms with Crippen LogP contribution in [0.5, 0.6) is 0 Å². The number of hydrogen-bond acceptors (Lipinski definition) is 4. The smallest absolute Gasteiger partial charge is 0.132 e. The predicted octanol–water partition coefficient (Wildman–Crippen LogP) is 4.63. The Morgan fingerprint density at radius 1 is 0.417 bits per heavy atom. The first kappa shape index (κ1) is 21.3. The van der Waals surface area contributed by atoms with Crippen molar-refractivity contribution < 1.29 is 19.1 Å². The van der Waals surface area contributed by atoms with Gasteiger partial charge in [-0.1, -0.05) is 38.5 Å². The highest BCUT2D eigenvalue weighted by atomic mass is 16.5.